The van der Waals surface area contributed by atoms with Gasteiger partial charge in [0, 0.05) is 32.6 Å². The minimum atomic E-state index is -5.08. The molecule has 3 atom stereocenters. The second-order valence-corrected chi connectivity index (χ2v) is 7.36. The highest BCUT2D eigenvalue weighted by Gasteiger charge is 2.56. The number of alkyl halides is 3. The van der Waals surface area contributed by atoms with Crippen molar-refractivity contribution in [1.82, 2.24) is 9.80 Å². The molecule has 0 radical (unpaired) electrons. The van der Waals surface area contributed by atoms with Crippen molar-refractivity contribution in [2.45, 2.75) is 32.0 Å². The van der Waals surface area contributed by atoms with Crippen molar-refractivity contribution in [3.8, 4) is 0 Å². The maximum atomic E-state index is 12.2. The van der Waals surface area contributed by atoms with Crippen molar-refractivity contribution in [3.63, 3.8) is 0 Å². The molecular weight excluding hydrogens is 365 g/mol. The lowest BCUT2D eigenvalue weighted by Gasteiger charge is -2.19. The average molecular weight is 388 g/mol. The summed E-state index contributed by atoms with van der Waals surface area (Å²) in [5, 5.41) is 7.12. The predicted molar refractivity (Wildman–Crippen MR) is 88.6 cm³/mol. The monoisotopic (exact) mass is 388 g/mol. The quantitative estimate of drug-likeness (QED) is 0.858. The van der Waals surface area contributed by atoms with Crippen molar-refractivity contribution in [2.75, 3.05) is 26.2 Å². The smallest absolute Gasteiger partial charge is 0.475 e. The van der Waals surface area contributed by atoms with Crippen molar-refractivity contribution >= 4 is 11.9 Å². The van der Waals surface area contributed by atoms with Gasteiger partial charge in [-0.1, -0.05) is 0 Å². The first-order chi connectivity index (χ1) is 12.8. The van der Waals surface area contributed by atoms with Gasteiger partial charge in [0.05, 0.1) is 12.8 Å². The molecule has 4 rings (SSSR count). The van der Waals surface area contributed by atoms with Crippen LogP contribution >= 0.6 is 0 Å². The molecule has 150 valence electrons. The molecule has 1 aliphatic carbocycles. The highest BCUT2D eigenvalue weighted by Crippen LogP contribution is 2.54. The van der Waals surface area contributed by atoms with E-state index in [0.717, 1.165) is 56.7 Å². The van der Waals surface area contributed by atoms with E-state index in [1.165, 1.54) is 12.8 Å². The first-order valence-electron chi connectivity index (χ1n) is 9.08. The minimum Gasteiger partial charge on any atom is -0.475 e. The van der Waals surface area contributed by atoms with Gasteiger partial charge in [0.25, 0.3) is 0 Å². The summed E-state index contributed by atoms with van der Waals surface area (Å²) >= 11 is 0. The molecule has 3 aliphatic rings. The standard InChI is InChI=1S/C16H22N2O2.C2HF3O2/c19-16(18-5-1-2-6-18)8-13-14-10-17(11-15(13)14)9-12-4-3-7-20-12;3-2(4,5)1(6)7/h3-4,7,13-15H,1-2,5-6,8-11H2;(H,6,7)/t13?,14-,15+;. The SMILES string of the molecule is O=C(CC1[C@H]2CN(Cc3ccco3)C[C@@H]12)N1CCCC1.O=C(O)C(F)(F)F. The van der Waals surface area contributed by atoms with E-state index in [4.69, 9.17) is 14.3 Å². The largest absolute Gasteiger partial charge is 0.490 e. The molecule has 1 aromatic heterocycles. The molecule has 0 aromatic carbocycles. The van der Waals surface area contributed by atoms with Crippen molar-refractivity contribution in [2.24, 2.45) is 17.8 Å². The molecule has 6 nitrogen and oxygen atoms in total. The second-order valence-electron chi connectivity index (χ2n) is 7.36. The van der Waals surface area contributed by atoms with E-state index in [0.29, 0.717) is 11.8 Å². The number of carbonyl (C=O) groups excluding carboxylic acids is 1. The predicted octanol–water partition coefficient (Wildman–Crippen LogP) is 2.60. The highest BCUT2D eigenvalue weighted by molar-refractivity contribution is 5.77. The first-order valence-corrected chi connectivity index (χ1v) is 9.08. The van der Waals surface area contributed by atoms with Gasteiger partial charge in [0.1, 0.15) is 5.76 Å². The van der Waals surface area contributed by atoms with E-state index in [1.807, 2.05) is 12.1 Å². The normalized spacial score (nSPS) is 27.1. The molecule has 1 aromatic rings. The zero-order valence-corrected chi connectivity index (χ0v) is 14.8. The van der Waals surface area contributed by atoms with Gasteiger partial charge >= 0.3 is 12.1 Å². The number of likely N-dealkylation sites (tertiary alicyclic amines) is 2. The number of piperidine rings is 1. The molecule has 0 spiro atoms. The van der Waals surface area contributed by atoms with Crippen LogP contribution in [0.5, 0.6) is 0 Å². The Morgan fingerprint density at radius 1 is 1.19 bits per heavy atom. The number of hydrogen-bond donors (Lipinski definition) is 1. The first kappa shape index (κ1) is 19.7. The summed E-state index contributed by atoms with van der Waals surface area (Å²) in [5.74, 6) is 0.881. The molecule has 2 saturated heterocycles. The van der Waals surface area contributed by atoms with E-state index in [1.54, 1.807) is 6.26 Å². The summed E-state index contributed by atoms with van der Waals surface area (Å²) < 4.78 is 37.1. The van der Waals surface area contributed by atoms with E-state index in [-0.39, 0.29) is 0 Å². The Morgan fingerprint density at radius 3 is 2.26 bits per heavy atom. The maximum absolute atomic E-state index is 12.2. The Balaban J connectivity index is 0.000000260. The number of rotatable bonds is 4. The zero-order valence-electron chi connectivity index (χ0n) is 14.8. The van der Waals surface area contributed by atoms with E-state index in [9.17, 15) is 18.0 Å². The number of nitrogens with zero attached hydrogens (tertiary/aromatic N) is 2. The lowest BCUT2D eigenvalue weighted by atomic mass is 10.1. The summed E-state index contributed by atoms with van der Waals surface area (Å²) in [7, 11) is 0. The van der Waals surface area contributed by atoms with E-state index >= 15 is 0 Å². The van der Waals surface area contributed by atoms with E-state index in [2.05, 4.69) is 9.80 Å². The lowest BCUT2D eigenvalue weighted by molar-refractivity contribution is -0.192. The van der Waals surface area contributed by atoms with Crippen LogP contribution in [0.15, 0.2) is 22.8 Å². The minimum absolute atomic E-state index is 0.402. The van der Waals surface area contributed by atoms with Gasteiger partial charge in [-0.2, -0.15) is 13.2 Å². The molecular formula is C18H23F3N2O4. The third-order valence-corrected chi connectivity index (χ3v) is 5.52. The van der Waals surface area contributed by atoms with E-state index < -0.39 is 12.1 Å². The van der Waals surface area contributed by atoms with Crippen LogP contribution in [-0.4, -0.2) is 59.1 Å². The molecule has 27 heavy (non-hydrogen) atoms. The summed E-state index contributed by atoms with van der Waals surface area (Å²) in [5.41, 5.74) is 0. The number of fused-ring (bicyclic) bond motifs is 1. The maximum Gasteiger partial charge on any atom is 0.490 e. The Bertz CT molecular complexity index is 644. The summed E-state index contributed by atoms with van der Waals surface area (Å²) in [6.07, 6.45) is -0.159. The third kappa shape index (κ3) is 5.03. The Kier molecular flexibility index (Phi) is 5.78. The molecule has 3 fully saturated rings. The Morgan fingerprint density at radius 2 is 1.78 bits per heavy atom. The van der Waals surface area contributed by atoms with Gasteiger partial charge < -0.3 is 14.4 Å². The van der Waals surface area contributed by atoms with Gasteiger partial charge in [-0.15, -0.1) is 0 Å². The van der Waals surface area contributed by atoms with Crippen LogP contribution in [0.1, 0.15) is 25.0 Å². The number of furan rings is 1. The van der Waals surface area contributed by atoms with Crippen LogP contribution < -0.4 is 0 Å². The summed E-state index contributed by atoms with van der Waals surface area (Å²) in [6.45, 7) is 5.19. The number of amides is 1. The summed E-state index contributed by atoms with van der Waals surface area (Å²) in [6, 6.07) is 3.99. The highest BCUT2D eigenvalue weighted by atomic mass is 19.4. The van der Waals surface area contributed by atoms with Crippen LogP contribution in [0.25, 0.3) is 0 Å². The van der Waals surface area contributed by atoms with Gasteiger partial charge in [0.15, 0.2) is 0 Å². The fourth-order valence-corrected chi connectivity index (χ4v) is 4.09. The van der Waals surface area contributed by atoms with Gasteiger partial charge in [-0.05, 0) is 42.7 Å². The lowest BCUT2D eigenvalue weighted by Crippen LogP contribution is -2.30. The van der Waals surface area contributed by atoms with Gasteiger partial charge in [-0.3, -0.25) is 9.69 Å². The average Bonchev–Trinajstić information content (AvgIpc) is 3.17. The van der Waals surface area contributed by atoms with Crippen LogP contribution in [0.3, 0.4) is 0 Å². The second kappa shape index (κ2) is 7.92. The number of halogens is 3. The van der Waals surface area contributed by atoms with Crippen molar-refractivity contribution in [1.29, 1.82) is 0 Å². The third-order valence-electron chi connectivity index (χ3n) is 5.52. The summed E-state index contributed by atoms with van der Waals surface area (Å²) in [4.78, 5) is 25.6. The number of carboxylic acids is 1. The Labute approximate surface area is 154 Å². The Hall–Kier alpha value is -2.03. The number of aliphatic carboxylic acids is 1. The zero-order chi connectivity index (χ0) is 19.6. The van der Waals surface area contributed by atoms with Crippen LogP contribution in [0.4, 0.5) is 13.2 Å². The van der Waals surface area contributed by atoms with Crippen molar-refractivity contribution < 1.29 is 32.3 Å². The fraction of sp³-hybridized carbons (Fsp3) is 0.667. The fourth-order valence-electron chi connectivity index (χ4n) is 4.09. The molecule has 3 heterocycles. The molecule has 1 N–H and O–H groups in total. The molecule has 1 amide bonds. The van der Waals surface area contributed by atoms with Gasteiger partial charge in [0.2, 0.25) is 5.91 Å². The van der Waals surface area contributed by atoms with Crippen LogP contribution in [-0.2, 0) is 16.1 Å². The topological polar surface area (TPSA) is 74.0 Å². The molecule has 1 saturated carbocycles. The number of carboxylic acid groups (broad SMARTS) is 1. The van der Waals surface area contributed by atoms with Crippen LogP contribution in [0.2, 0.25) is 0 Å². The van der Waals surface area contributed by atoms with Crippen molar-refractivity contribution in [3.05, 3.63) is 24.2 Å². The molecule has 2 aliphatic heterocycles. The number of hydrogen-bond acceptors (Lipinski definition) is 4. The van der Waals surface area contributed by atoms with Gasteiger partial charge in [-0.25, -0.2) is 4.79 Å². The number of carbonyl (C=O) groups is 2. The molecule has 9 heteroatoms. The molecule has 1 unspecified atom stereocenters. The molecule has 0 bridgehead atoms. The van der Waals surface area contributed by atoms with Crippen LogP contribution in [0, 0.1) is 17.8 Å².